The van der Waals surface area contributed by atoms with Crippen LogP contribution in [0.3, 0.4) is 0 Å². The number of rotatable bonds is 5. The van der Waals surface area contributed by atoms with Crippen molar-refractivity contribution in [2.24, 2.45) is 0 Å². The van der Waals surface area contributed by atoms with Crippen LogP contribution < -0.4 is 10.6 Å². The van der Waals surface area contributed by atoms with Crippen molar-refractivity contribution in [3.8, 4) is 22.6 Å². The minimum atomic E-state index is -0.521. The van der Waals surface area contributed by atoms with E-state index in [9.17, 15) is 24.6 Å². The highest BCUT2D eigenvalue weighted by Gasteiger charge is 2.27. The van der Waals surface area contributed by atoms with E-state index in [2.05, 4.69) is 10.6 Å². The Balaban J connectivity index is 1.65. The first kappa shape index (κ1) is 20.9. The topological polar surface area (TPSA) is 116 Å². The van der Waals surface area contributed by atoms with Crippen molar-refractivity contribution in [2.75, 3.05) is 0 Å². The molecule has 4 N–H and O–H groups in total. The molecule has 0 fully saturated rings. The third-order valence-corrected chi connectivity index (χ3v) is 5.24. The van der Waals surface area contributed by atoms with Gasteiger partial charge in [-0.2, -0.15) is 0 Å². The smallest absolute Gasteiger partial charge is 0.260 e. The van der Waals surface area contributed by atoms with Crippen LogP contribution in [0, 0.1) is 0 Å². The highest BCUT2D eigenvalue weighted by atomic mass is 16.3. The van der Waals surface area contributed by atoms with Crippen LogP contribution in [0.15, 0.2) is 66.9 Å². The molecule has 32 heavy (non-hydrogen) atoms. The Morgan fingerprint density at radius 2 is 1.59 bits per heavy atom. The number of hydrogen-bond donors (Lipinski definition) is 4. The molecule has 2 amide bonds. The molecule has 0 aromatic heterocycles. The van der Waals surface area contributed by atoms with Crippen molar-refractivity contribution in [3.63, 3.8) is 0 Å². The molecule has 7 heteroatoms. The number of benzene rings is 3. The van der Waals surface area contributed by atoms with E-state index in [1.807, 2.05) is 12.1 Å². The predicted molar refractivity (Wildman–Crippen MR) is 119 cm³/mol. The van der Waals surface area contributed by atoms with Crippen LogP contribution in [-0.4, -0.2) is 27.8 Å². The SMILES string of the molecule is CC(=O)c1ccc(-c2ccc3c(c2)/C(=C\NCc2ccc(O)c(O)c2)C(=O)NC3=O)cc1. The first-order valence-corrected chi connectivity index (χ1v) is 9.89. The van der Waals surface area contributed by atoms with Gasteiger partial charge in [0.25, 0.3) is 11.8 Å². The van der Waals surface area contributed by atoms with Gasteiger partial charge in [0.15, 0.2) is 17.3 Å². The normalized spacial score (nSPS) is 14.1. The van der Waals surface area contributed by atoms with Crippen molar-refractivity contribution < 1.29 is 24.6 Å². The molecule has 4 rings (SSSR count). The monoisotopic (exact) mass is 428 g/mol. The number of fused-ring (bicyclic) bond motifs is 1. The Hall–Kier alpha value is -4.39. The van der Waals surface area contributed by atoms with Gasteiger partial charge in [0.05, 0.1) is 5.57 Å². The molecule has 0 saturated heterocycles. The van der Waals surface area contributed by atoms with E-state index in [-0.39, 0.29) is 17.3 Å². The Bertz CT molecular complexity index is 1280. The molecule has 3 aromatic rings. The fourth-order valence-corrected chi connectivity index (χ4v) is 3.50. The third-order valence-electron chi connectivity index (χ3n) is 5.24. The summed E-state index contributed by atoms with van der Waals surface area (Å²) < 4.78 is 0. The summed E-state index contributed by atoms with van der Waals surface area (Å²) in [5.74, 6) is -1.46. The molecule has 0 atom stereocenters. The highest BCUT2D eigenvalue weighted by Crippen LogP contribution is 2.30. The first-order valence-electron chi connectivity index (χ1n) is 9.89. The van der Waals surface area contributed by atoms with Gasteiger partial charge in [-0.1, -0.05) is 36.4 Å². The summed E-state index contributed by atoms with van der Waals surface area (Å²) in [4.78, 5) is 36.3. The molecule has 0 saturated carbocycles. The Morgan fingerprint density at radius 3 is 2.28 bits per heavy atom. The quantitative estimate of drug-likeness (QED) is 0.214. The average molecular weight is 428 g/mol. The Kier molecular flexibility index (Phi) is 5.47. The molecule has 0 unspecified atom stereocenters. The lowest BCUT2D eigenvalue weighted by Crippen LogP contribution is -2.37. The summed E-state index contributed by atoms with van der Waals surface area (Å²) in [6.45, 7) is 1.79. The van der Waals surface area contributed by atoms with Crippen LogP contribution >= 0.6 is 0 Å². The van der Waals surface area contributed by atoms with Crippen molar-refractivity contribution in [2.45, 2.75) is 13.5 Å². The summed E-state index contributed by atoms with van der Waals surface area (Å²) in [7, 11) is 0. The van der Waals surface area contributed by atoms with E-state index in [1.54, 1.807) is 36.4 Å². The minimum Gasteiger partial charge on any atom is -0.504 e. The Labute approximate surface area is 184 Å². The number of phenolic OH excluding ortho intramolecular Hbond substituents is 2. The fraction of sp³-hybridized carbons (Fsp3) is 0.0800. The van der Waals surface area contributed by atoms with Gasteiger partial charge in [-0.25, -0.2) is 0 Å². The lowest BCUT2D eigenvalue weighted by Gasteiger charge is -2.19. The van der Waals surface area contributed by atoms with Crippen LogP contribution in [0.5, 0.6) is 11.5 Å². The van der Waals surface area contributed by atoms with Crippen LogP contribution in [-0.2, 0) is 11.3 Å². The van der Waals surface area contributed by atoms with Crippen molar-refractivity contribution >= 4 is 23.2 Å². The van der Waals surface area contributed by atoms with Crippen LogP contribution in [0.1, 0.15) is 38.8 Å². The Morgan fingerprint density at radius 1 is 0.875 bits per heavy atom. The molecule has 160 valence electrons. The number of ketones is 1. The van der Waals surface area contributed by atoms with Crippen LogP contribution in [0.25, 0.3) is 16.7 Å². The zero-order valence-electron chi connectivity index (χ0n) is 17.2. The zero-order chi connectivity index (χ0) is 22.8. The van der Waals surface area contributed by atoms with Gasteiger partial charge >= 0.3 is 0 Å². The summed E-state index contributed by atoms with van der Waals surface area (Å²) in [5.41, 5.74) is 4.12. The molecular weight excluding hydrogens is 408 g/mol. The number of carbonyl (C=O) groups is 3. The zero-order valence-corrected chi connectivity index (χ0v) is 17.2. The summed E-state index contributed by atoms with van der Waals surface area (Å²) >= 11 is 0. The molecule has 3 aromatic carbocycles. The maximum absolute atomic E-state index is 12.5. The molecule has 1 aliphatic heterocycles. The maximum Gasteiger partial charge on any atom is 0.260 e. The van der Waals surface area contributed by atoms with Crippen molar-refractivity contribution in [1.82, 2.24) is 10.6 Å². The number of phenols is 2. The van der Waals surface area contributed by atoms with Gasteiger partial charge in [-0.3, -0.25) is 19.7 Å². The molecule has 7 nitrogen and oxygen atoms in total. The van der Waals surface area contributed by atoms with Gasteiger partial charge in [0.2, 0.25) is 0 Å². The molecule has 0 spiro atoms. The number of hydrogen-bond acceptors (Lipinski definition) is 6. The number of amides is 2. The number of carbonyl (C=O) groups excluding carboxylic acids is 3. The van der Waals surface area contributed by atoms with E-state index in [0.29, 0.717) is 34.4 Å². The second kappa shape index (κ2) is 8.39. The molecule has 1 aliphatic rings. The predicted octanol–water partition coefficient (Wildman–Crippen LogP) is 3.37. The highest BCUT2D eigenvalue weighted by molar-refractivity contribution is 6.31. The molecule has 0 aliphatic carbocycles. The fourth-order valence-electron chi connectivity index (χ4n) is 3.50. The summed E-state index contributed by atoms with van der Waals surface area (Å²) in [6.07, 6.45) is 1.52. The lowest BCUT2D eigenvalue weighted by atomic mass is 9.91. The van der Waals surface area contributed by atoms with Crippen LogP contribution in [0.2, 0.25) is 0 Å². The van der Waals surface area contributed by atoms with Gasteiger partial charge in [0, 0.05) is 29.4 Å². The van der Waals surface area contributed by atoms with E-state index in [4.69, 9.17) is 0 Å². The van der Waals surface area contributed by atoms with E-state index >= 15 is 0 Å². The molecule has 0 bridgehead atoms. The van der Waals surface area contributed by atoms with E-state index in [1.165, 1.54) is 25.3 Å². The number of aromatic hydroxyl groups is 2. The number of nitrogens with one attached hydrogen (secondary N) is 2. The standard InChI is InChI=1S/C25H20N2O5/c1-14(28)16-3-5-17(6-4-16)18-7-8-19-20(11-18)21(25(32)27-24(19)31)13-26-12-15-2-9-22(29)23(30)10-15/h2-11,13,26,29-30H,12H2,1H3,(H,27,31,32)/b21-13+. The van der Waals surface area contributed by atoms with Gasteiger partial charge in [-0.15, -0.1) is 0 Å². The summed E-state index contributed by atoms with van der Waals surface area (Å²) in [6, 6.07) is 16.8. The number of imide groups is 1. The largest absolute Gasteiger partial charge is 0.504 e. The lowest BCUT2D eigenvalue weighted by molar-refractivity contribution is -0.114. The second-order valence-electron chi connectivity index (χ2n) is 7.44. The third kappa shape index (κ3) is 4.09. The average Bonchev–Trinajstić information content (AvgIpc) is 2.78. The first-order chi connectivity index (χ1) is 15.3. The van der Waals surface area contributed by atoms with Crippen LogP contribution in [0.4, 0.5) is 0 Å². The van der Waals surface area contributed by atoms with Gasteiger partial charge < -0.3 is 15.5 Å². The van der Waals surface area contributed by atoms with E-state index < -0.39 is 11.8 Å². The molecule has 0 radical (unpaired) electrons. The second-order valence-corrected chi connectivity index (χ2v) is 7.44. The number of Topliss-reactive ketones (excluding diaryl/α,β-unsaturated/α-hetero) is 1. The van der Waals surface area contributed by atoms with Gasteiger partial charge in [-0.05, 0) is 47.9 Å². The molecular formula is C25H20N2O5. The molecule has 1 heterocycles. The van der Waals surface area contributed by atoms with Crippen molar-refractivity contribution in [3.05, 3.63) is 89.1 Å². The van der Waals surface area contributed by atoms with E-state index in [0.717, 1.165) is 11.1 Å². The van der Waals surface area contributed by atoms with Crippen molar-refractivity contribution in [1.29, 1.82) is 0 Å². The maximum atomic E-state index is 12.5. The minimum absolute atomic E-state index is 0.0255. The summed E-state index contributed by atoms with van der Waals surface area (Å²) in [5, 5.41) is 24.4. The van der Waals surface area contributed by atoms with Gasteiger partial charge in [0.1, 0.15) is 0 Å².